The molecule has 1 aromatic heterocycles. The third-order valence-corrected chi connectivity index (χ3v) is 3.39. The maximum absolute atomic E-state index is 9.00. The van der Waals surface area contributed by atoms with Gasteiger partial charge in [0.1, 0.15) is 16.6 Å². The Balaban J connectivity index is 2.35. The summed E-state index contributed by atoms with van der Waals surface area (Å²) in [6.45, 7) is 1.80. The molecule has 1 heterocycles. The highest BCUT2D eigenvalue weighted by molar-refractivity contribution is 7.10. The van der Waals surface area contributed by atoms with Crippen LogP contribution in [0.3, 0.4) is 0 Å². The van der Waals surface area contributed by atoms with Crippen LogP contribution in [-0.4, -0.2) is 4.37 Å². The molecule has 0 radical (unpaired) electrons. The van der Waals surface area contributed by atoms with Crippen LogP contribution in [0.2, 0.25) is 10.0 Å². The molecule has 0 saturated heterocycles. The van der Waals surface area contributed by atoms with Crippen molar-refractivity contribution in [2.45, 2.75) is 6.92 Å². The smallest absolute Gasteiger partial charge is 0.132 e. The van der Waals surface area contributed by atoms with E-state index in [1.54, 1.807) is 25.1 Å². The standard InChI is InChI=1S/C11H7Cl2N3S/c1-6-10(5-14)11(17-16-6)15-9-3-7(12)2-8(13)4-9/h2-4,15H,1H3. The zero-order valence-electron chi connectivity index (χ0n) is 8.79. The number of nitrogens with one attached hydrogen (secondary N) is 1. The molecule has 0 unspecified atom stereocenters. The fourth-order valence-corrected chi connectivity index (χ4v) is 2.64. The van der Waals surface area contributed by atoms with E-state index in [-0.39, 0.29) is 0 Å². The van der Waals surface area contributed by atoms with Crippen LogP contribution in [0.5, 0.6) is 0 Å². The summed E-state index contributed by atoms with van der Waals surface area (Å²) >= 11 is 13.0. The summed E-state index contributed by atoms with van der Waals surface area (Å²) < 4.78 is 4.12. The SMILES string of the molecule is Cc1nsc(Nc2cc(Cl)cc(Cl)c2)c1C#N. The Morgan fingerprint density at radius 2 is 1.94 bits per heavy atom. The van der Waals surface area contributed by atoms with Crippen molar-refractivity contribution in [2.75, 3.05) is 5.32 Å². The fourth-order valence-electron chi connectivity index (χ4n) is 1.34. The van der Waals surface area contributed by atoms with Gasteiger partial charge in [0.15, 0.2) is 0 Å². The molecule has 6 heteroatoms. The molecule has 1 N–H and O–H groups in total. The first kappa shape index (κ1) is 12.2. The molecule has 0 aliphatic carbocycles. The van der Waals surface area contributed by atoms with Crippen molar-refractivity contribution in [3.63, 3.8) is 0 Å². The van der Waals surface area contributed by atoms with Gasteiger partial charge in [-0.05, 0) is 36.7 Å². The van der Waals surface area contributed by atoms with Gasteiger partial charge < -0.3 is 5.32 Å². The molecular formula is C11H7Cl2N3S. The summed E-state index contributed by atoms with van der Waals surface area (Å²) in [5.74, 6) is 0. The lowest BCUT2D eigenvalue weighted by Crippen LogP contribution is -1.90. The Labute approximate surface area is 113 Å². The highest BCUT2D eigenvalue weighted by Gasteiger charge is 2.10. The monoisotopic (exact) mass is 283 g/mol. The number of nitriles is 1. The summed E-state index contributed by atoms with van der Waals surface area (Å²) in [6.07, 6.45) is 0. The van der Waals surface area contributed by atoms with E-state index in [2.05, 4.69) is 15.8 Å². The van der Waals surface area contributed by atoms with Gasteiger partial charge in [-0.15, -0.1) is 0 Å². The summed E-state index contributed by atoms with van der Waals surface area (Å²) in [4.78, 5) is 0. The van der Waals surface area contributed by atoms with Crippen molar-refractivity contribution in [3.8, 4) is 6.07 Å². The van der Waals surface area contributed by atoms with Gasteiger partial charge in [-0.1, -0.05) is 23.2 Å². The first-order valence-corrected chi connectivity index (χ1v) is 6.22. The van der Waals surface area contributed by atoms with Gasteiger partial charge in [-0.2, -0.15) is 9.64 Å². The van der Waals surface area contributed by atoms with Crippen LogP contribution >= 0.6 is 34.7 Å². The van der Waals surface area contributed by atoms with E-state index in [0.29, 0.717) is 26.3 Å². The van der Waals surface area contributed by atoms with Crippen LogP contribution in [0.1, 0.15) is 11.3 Å². The van der Waals surface area contributed by atoms with Crippen molar-refractivity contribution in [1.82, 2.24) is 4.37 Å². The van der Waals surface area contributed by atoms with Gasteiger partial charge in [-0.25, -0.2) is 0 Å². The lowest BCUT2D eigenvalue weighted by atomic mass is 10.2. The fraction of sp³-hybridized carbons (Fsp3) is 0.0909. The summed E-state index contributed by atoms with van der Waals surface area (Å²) in [7, 11) is 0. The Morgan fingerprint density at radius 3 is 2.53 bits per heavy atom. The number of hydrogen-bond acceptors (Lipinski definition) is 4. The first-order valence-electron chi connectivity index (χ1n) is 4.69. The zero-order chi connectivity index (χ0) is 12.4. The lowest BCUT2D eigenvalue weighted by molar-refractivity contribution is 1.31. The molecule has 0 amide bonds. The van der Waals surface area contributed by atoms with E-state index in [0.717, 1.165) is 5.69 Å². The lowest BCUT2D eigenvalue weighted by Gasteiger charge is -2.05. The quantitative estimate of drug-likeness (QED) is 0.890. The van der Waals surface area contributed by atoms with Gasteiger partial charge in [-0.3, -0.25) is 0 Å². The Kier molecular flexibility index (Phi) is 3.53. The summed E-state index contributed by atoms with van der Waals surface area (Å²) in [6, 6.07) is 7.24. The number of rotatable bonds is 2. The minimum Gasteiger partial charge on any atom is -0.345 e. The molecule has 86 valence electrons. The Morgan fingerprint density at radius 1 is 1.29 bits per heavy atom. The normalized spacial score (nSPS) is 10.0. The number of aryl methyl sites for hydroxylation is 1. The van der Waals surface area contributed by atoms with E-state index < -0.39 is 0 Å². The minimum absolute atomic E-state index is 0.541. The van der Waals surface area contributed by atoms with Gasteiger partial charge >= 0.3 is 0 Å². The number of anilines is 2. The maximum atomic E-state index is 9.00. The molecule has 17 heavy (non-hydrogen) atoms. The molecule has 0 fully saturated rings. The molecular weight excluding hydrogens is 277 g/mol. The molecule has 0 spiro atoms. The molecule has 0 atom stereocenters. The number of benzene rings is 1. The van der Waals surface area contributed by atoms with Crippen LogP contribution in [-0.2, 0) is 0 Å². The zero-order valence-corrected chi connectivity index (χ0v) is 11.1. The van der Waals surface area contributed by atoms with Crippen LogP contribution < -0.4 is 5.32 Å². The van der Waals surface area contributed by atoms with Crippen molar-refractivity contribution in [1.29, 1.82) is 5.26 Å². The molecule has 0 bridgehead atoms. The van der Waals surface area contributed by atoms with Gasteiger partial charge in [0.2, 0.25) is 0 Å². The second-order valence-corrected chi connectivity index (χ2v) is 5.01. The molecule has 0 saturated carbocycles. The first-order chi connectivity index (χ1) is 8.10. The molecule has 3 nitrogen and oxygen atoms in total. The number of nitrogens with zero attached hydrogens (tertiary/aromatic N) is 2. The number of halogens is 2. The molecule has 0 aliphatic rings. The summed E-state index contributed by atoms with van der Waals surface area (Å²) in [5.41, 5.74) is 2.00. The predicted octanol–water partition coefficient (Wildman–Crippen LogP) is 4.37. The molecule has 2 rings (SSSR count). The van der Waals surface area contributed by atoms with Gasteiger partial charge in [0.25, 0.3) is 0 Å². The van der Waals surface area contributed by atoms with E-state index >= 15 is 0 Å². The van der Waals surface area contributed by atoms with Crippen LogP contribution in [0.15, 0.2) is 18.2 Å². The second kappa shape index (κ2) is 4.92. The predicted molar refractivity (Wildman–Crippen MR) is 71.3 cm³/mol. The third-order valence-electron chi connectivity index (χ3n) is 2.09. The van der Waals surface area contributed by atoms with Crippen molar-refractivity contribution in [2.24, 2.45) is 0 Å². The van der Waals surface area contributed by atoms with E-state index in [1.807, 2.05) is 0 Å². The van der Waals surface area contributed by atoms with Gasteiger partial charge in [0, 0.05) is 15.7 Å². The maximum Gasteiger partial charge on any atom is 0.132 e. The second-order valence-electron chi connectivity index (χ2n) is 3.37. The molecule has 0 aliphatic heterocycles. The number of aromatic nitrogens is 1. The average Bonchev–Trinajstić information content (AvgIpc) is 2.57. The Hall–Kier alpha value is -1.28. The molecule has 2 aromatic rings. The van der Waals surface area contributed by atoms with Crippen molar-refractivity contribution in [3.05, 3.63) is 39.5 Å². The van der Waals surface area contributed by atoms with Crippen molar-refractivity contribution < 1.29 is 0 Å². The van der Waals surface area contributed by atoms with E-state index in [9.17, 15) is 0 Å². The Bertz CT molecular complexity index is 581. The third kappa shape index (κ3) is 2.70. The summed E-state index contributed by atoms with van der Waals surface area (Å²) in [5, 5.41) is 13.9. The van der Waals surface area contributed by atoms with Crippen molar-refractivity contribution >= 4 is 45.4 Å². The van der Waals surface area contributed by atoms with Crippen LogP contribution in [0.25, 0.3) is 0 Å². The molecule has 1 aromatic carbocycles. The largest absolute Gasteiger partial charge is 0.345 e. The minimum atomic E-state index is 0.541. The highest BCUT2D eigenvalue weighted by atomic mass is 35.5. The van der Waals surface area contributed by atoms with Crippen LogP contribution in [0, 0.1) is 18.3 Å². The van der Waals surface area contributed by atoms with E-state index in [4.69, 9.17) is 28.5 Å². The van der Waals surface area contributed by atoms with Crippen LogP contribution in [0.4, 0.5) is 10.7 Å². The van der Waals surface area contributed by atoms with Gasteiger partial charge in [0.05, 0.1) is 5.69 Å². The highest BCUT2D eigenvalue weighted by Crippen LogP contribution is 2.30. The average molecular weight is 284 g/mol. The van der Waals surface area contributed by atoms with E-state index in [1.165, 1.54) is 11.5 Å². The topological polar surface area (TPSA) is 48.7 Å². The number of hydrogen-bond donors (Lipinski definition) is 1.